The van der Waals surface area contributed by atoms with Gasteiger partial charge in [-0.1, -0.05) is 6.92 Å². The Morgan fingerprint density at radius 3 is 2.79 bits per heavy atom. The van der Waals surface area contributed by atoms with Crippen LogP contribution in [0.1, 0.15) is 30.6 Å². The van der Waals surface area contributed by atoms with Crippen LogP contribution in [-0.4, -0.2) is 37.0 Å². The molecule has 0 radical (unpaired) electrons. The summed E-state index contributed by atoms with van der Waals surface area (Å²) in [4.78, 5) is 10.7. The molecule has 0 aliphatic rings. The lowest BCUT2D eigenvalue weighted by atomic mass is 10.3. The number of rotatable bonds is 8. The number of carbonyl (C=O) groups is 1. The molecular formula is C11H17NO4S3. The van der Waals surface area contributed by atoms with Crippen molar-refractivity contribution in [3.05, 3.63) is 17.0 Å². The summed E-state index contributed by atoms with van der Waals surface area (Å²) in [6.45, 7) is 3.86. The highest BCUT2D eigenvalue weighted by atomic mass is 32.2. The molecular weight excluding hydrogens is 306 g/mol. The van der Waals surface area contributed by atoms with E-state index in [1.807, 2.05) is 0 Å². The second-order valence-corrected chi connectivity index (χ2v) is 8.21. The van der Waals surface area contributed by atoms with Gasteiger partial charge in [-0.05, 0) is 30.9 Å². The zero-order valence-corrected chi connectivity index (χ0v) is 13.2. The second kappa shape index (κ2) is 7.28. The molecule has 0 bridgehead atoms. The van der Waals surface area contributed by atoms with Crippen LogP contribution < -0.4 is 4.72 Å². The molecule has 0 amide bonds. The van der Waals surface area contributed by atoms with Crippen molar-refractivity contribution < 1.29 is 18.3 Å². The summed E-state index contributed by atoms with van der Waals surface area (Å²) in [5.74, 6) is 0.780. The number of nitrogens with one attached hydrogen (secondary N) is 1. The quantitative estimate of drug-likeness (QED) is 0.717. The highest BCUT2D eigenvalue weighted by Gasteiger charge is 2.20. The van der Waals surface area contributed by atoms with Crippen molar-refractivity contribution >= 4 is 39.1 Å². The third kappa shape index (κ3) is 5.13. The fourth-order valence-corrected chi connectivity index (χ4v) is 4.61. The van der Waals surface area contributed by atoms with Gasteiger partial charge in [0.2, 0.25) is 10.0 Å². The Morgan fingerprint density at radius 2 is 2.26 bits per heavy atom. The summed E-state index contributed by atoms with van der Waals surface area (Å²) < 4.78 is 26.6. The number of hydrogen-bond donors (Lipinski definition) is 2. The Bertz CT molecular complexity index is 524. The van der Waals surface area contributed by atoms with Crippen LogP contribution in [0.2, 0.25) is 0 Å². The van der Waals surface area contributed by atoms with E-state index >= 15 is 0 Å². The highest BCUT2D eigenvalue weighted by molar-refractivity contribution is 7.99. The maximum atomic E-state index is 12.0. The normalized spacial score (nSPS) is 13.4. The molecule has 1 heterocycles. The Kier molecular flexibility index (Phi) is 6.31. The first kappa shape index (κ1) is 16.5. The number of thiophene rings is 1. The van der Waals surface area contributed by atoms with Gasteiger partial charge in [-0.3, -0.25) is 0 Å². The topological polar surface area (TPSA) is 83.5 Å². The first-order valence-electron chi connectivity index (χ1n) is 5.78. The zero-order chi connectivity index (χ0) is 14.5. The molecule has 1 aromatic heterocycles. The van der Waals surface area contributed by atoms with Crippen LogP contribution in [0.15, 0.2) is 15.7 Å². The van der Waals surface area contributed by atoms with Crippen LogP contribution in [0.5, 0.6) is 0 Å². The van der Waals surface area contributed by atoms with Crippen LogP contribution in [0.25, 0.3) is 0 Å². The third-order valence-electron chi connectivity index (χ3n) is 2.34. The SMILES string of the molecule is CCSCCC(C)NS(=O)(=O)c1cc(C(=O)O)cs1. The van der Waals surface area contributed by atoms with E-state index in [1.165, 1.54) is 11.4 Å². The van der Waals surface area contributed by atoms with Gasteiger partial charge in [-0.2, -0.15) is 11.8 Å². The molecule has 0 aromatic carbocycles. The number of carboxylic acid groups (broad SMARTS) is 1. The Labute approximate surface area is 121 Å². The molecule has 108 valence electrons. The van der Waals surface area contributed by atoms with Crippen molar-refractivity contribution in [3.63, 3.8) is 0 Å². The Hall–Kier alpha value is -0.570. The van der Waals surface area contributed by atoms with E-state index < -0.39 is 16.0 Å². The lowest BCUT2D eigenvalue weighted by Gasteiger charge is -2.12. The van der Waals surface area contributed by atoms with Crippen molar-refractivity contribution in [1.29, 1.82) is 0 Å². The van der Waals surface area contributed by atoms with Crippen LogP contribution in [0.4, 0.5) is 0 Å². The van der Waals surface area contributed by atoms with Crippen molar-refractivity contribution in [2.24, 2.45) is 0 Å². The van der Waals surface area contributed by atoms with Crippen molar-refractivity contribution in [2.45, 2.75) is 30.5 Å². The minimum Gasteiger partial charge on any atom is -0.478 e. The largest absolute Gasteiger partial charge is 0.478 e. The van der Waals surface area contributed by atoms with Gasteiger partial charge < -0.3 is 5.11 Å². The predicted molar refractivity (Wildman–Crippen MR) is 78.7 cm³/mol. The smallest absolute Gasteiger partial charge is 0.336 e. The molecule has 1 rings (SSSR count). The van der Waals surface area contributed by atoms with E-state index in [4.69, 9.17) is 5.11 Å². The molecule has 0 spiro atoms. The molecule has 0 aliphatic carbocycles. The van der Waals surface area contributed by atoms with Gasteiger partial charge in [-0.15, -0.1) is 11.3 Å². The molecule has 5 nitrogen and oxygen atoms in total. The molecule has 19 heavy (non-hydrogen) atoms. The van der Waals surface area contributed by atoms with Gasteiger partial charge in [0.05, 0.1) is 5.56 Å². The molecule has 0 fully saturated rings. The van der Waals surface area contributed by atoms with E-state index in [-0.39, 0.29) is 15.8 Å². The van der Waals surface area contributed by atoms with Crippen LogP contribution >= 0.6 is 23.1 Å². The minimum absolute atomic E-state index is 0.000401. The van der Waals surface area contributed by atoms with E-state index in [0.29, 0.717) is 0 Å². The summed E-state index contributed by atoms with van der Waals surface area (Å²) in [6.07, 6.45) is 0.745. The van der Waals surface area contributed by atoms with Crippen LogP contribution in [-0.2, 0) is 10.0 Å². The molecule has 0 aliphatic heterocycles. The molecule has 1 atom stereocenters. The highest BCUT2D eigenvalue weighted by Crippen LogP contribution is 2.20. The average molecular weight is 323 g/mol. The van der Waals surface area contributed by atoms with Crippen LogP contribution in [0, 0.1) is 0 Å². The van der Waals surface area contributed by atoms with Gasteiger partial charge in [0, 0.05) is 11.4 Å². The van der Waals surface area contributed by atoms with E-state index in [2.05, 4.69) is 11.6 Å². The molecule has 1 aromatic rings. The van der Waals surface area contributed by atoms with Gasteiger partial charge in [-0.25, -0.2) is 17.9 Å². The number of thioether (sulfide) groups is 1. The van der Waals surface area contributed by atoms with E-state index in [0.717, 1.165) is 29.3 Å². The van der Waals surface area contributed by atoms with Crippen molar-refractivity contribution in [2.75, 3.05) is 11.5 Å². The fraction of sp³-hybridized carbons (Fsp3) is 0.545. The zero-order valence-electron chi connectivity index (χ0n) is 10.8. The number of hydrogen-bond acceptors (Lipinski definition) is 5. The second-order valence-electron chi connectivity index (χ2n) is 3.97. The van der Waals surface area contributed by atoms with Gasteiger partial charge in [0.15, 0.2) is 0 Å². The maximum absolute atomic E-state index is 12.0. The van der Waals surface area contributed by atoms with Gasteiger partial charge in [0.1, 0.15) is 4.21 Å². The summed E-state index contributed by atoms with van der Waals surface area (Å²) in [5, 5.41) is 10.1. The molecule has 0 saturated carbocycles. The molecule has 2 N–H and O–H groups in total. The van der Waals surface area contributed by atoms with Gasteiger partial charge >= 0.3 is 5.97 Å². The summed E-state index contributed by atoms with van der Waals surface area (Å²) in [5.41, 5.74) is -0.000401. The van der Waals surface area contributed by atoms with Gasteiger partial charge in [0.25, 0.3) is 0 Å². The monoisotopic (exact) mass is 323 g/mol. The predicted octanol–water partition coefficient (Wildman–Crippen LogP) is 2.26. The Morgan fingerprint density at radius 1 is 1.58 bits per heavy atom. The first-order chi connectivity index (χ1) is 8.86. The van der Waals surface area contributed by atoms with E-state index in [1.54, 1.807) is 18.7 Å². The van der Waals surface area contributed by atoms with E-state index in [9.17, 15) is 13.2 Å². The van der Waals surface area contributed by atoms with Crippen molar-refractivity contribution in [3.8, 4) is 0 Å². The summed E-state index contributed by atoms with van der Waals surface area (Å²) in [6, 6.07) is 1.02. The summed E-state index contributed by atoms with van der Waals surface area (Å²) >= 11 is 2.67. The van der Waals surface area contributed by atoms with Crippen molar-refractivity contribution in [1.82, 2.24) is 4.72 Å². The molecule has 1 unspecified atom stereocenters. The number of carboxylic acids is 1. The number of aromatic carboxylic acids is 1. The molecule has 0 saturated heterocycles. The lowest BCUT2D eigenvalue weighted by Crippen LogP contribution is -2.32. The minimum atomic E-state index is -3.61. The molecule has 8 heteroatoms. The first-order valence-corrected chi connectivity index (χ1v) is 9.30. The third-order valence-corrected chi connectivity index (χ3v) is 6.30. The number of sulfonamides is 1. The maximum Gasteiger partial charge on any atom is 0.336 e. The lowest BCUT2D eigenvalue weighted by molar-refractivity contribution is 0.0697. The van der Waals surface area contributed by atoms with Crippen LogP contribution in [0.3, 0.4) is 0 Å². The average Bonchev–Trinajstić information content (AvgIpc) is 2.78. The summed E-state index contributed by atoms with van der Waals surface area (Å²) in [7, 11) is -3.61. The standard InChI is InChI=1S/C11H17NO4S3/c1-3-17-5-4-8(2)12-19(15,16)10-6-9(7-18-10)11(13)14/h6-8,12H,3-5H2,1-2H3,(H,13,14). The fourth-order valence-electron chi connectivity index (χ4n) is 1.36. The Balaban J connectivity index is 2.66.